The smallest absolute Gasteiger partial charge is 0.243 e. The summed E-state index contributed by atoms with van der Waals surface area (Å²) in [5.74, 6) is -5.04. The number of ketones is 2. The highest BCUT2D eigenvalue weighted by molar-refractivity contribution is 5.96. The normalized spacial score (nSPS) is 13.4. The third-order valence-electron chi connectivity index (χ3n) is 11.3. The van der Waals surface area contributed by atoms with Gasteiger partial charge in [0, 0.05) is 63.6 Å². The molecule has 0 aromatic carbocycles. The number of aliphatic hydroxyl groups excluding tert-OH is 1. The molecule has 14 N–H and O–H groups in total. The van der Waals surface area contributed by atoms with E-state index in [9.17, 15) is 33.9 Å². The van der Waals surface area contributed by atoms with Gasteiger partial charge in [-0.15, -0.1) is 0 Å². The molecule has 0 aliphatic heterocycles. The molecule has 19 nitrogen and oxygen atoms in total. The quantitative estimate of drug-likeness (QED) is 0.0259. The van der Waals surface area contributed by atoms with Gasteiger partial charge < -0.3 is 54.3 Å². The molecule has 0 aliphatic carbocycles. The van der Waals surface area contributed by atoms with Gasteiger partial charge in [0.05, 0.1) is 30.9 Å². The van der Waals surface area contributed by atoms with E-state index < -0.39 is 65.9 Å². The number of aliphatic imine (C=N–C) groups is 2. The van der Waals surface area contributed by atoms with Crippen LogP contribution in [0.15, 0.2) is 22.5 Å². The number of imidazole rings is 1. The minimum absolute atomic E-state index is 0.0257. The van der Waals surface area contributed by atoms with Gasteiger partial charge in [-0.1, -0.05) is 97.8 Å². The Labute approximate surface area is 387 Å². The van der Waals surface area contributed by atoms with E-state index in [2.05, 4.69) is 48.1 Å². The number of unbranched alkanes of at least 4 members (excludes halogenated alkanes) is 12. The molecule has 1 aromatic heterocycles. The second kappa shape index (κ2) is 35.2. The lowest BCUT2D eigenvalue weighted by Gasteiger charge is -2.26. The molecule has 370 valence electrons. The summed E-state index contributed by atoms with van der Waals surface area (Å²) in [7, 11) is 1.40. The summed E-state index contributed by atoms with van der Waals surface area (Å²) in [6.45, 7) is 5.86. The van der Waals surface area contributed by atoms with Crippen molar-refractivity contribution in [1.82, 2.24) is 31.2 Å². The molecule has 1 aromatic rings. The molecule has 0 saturated carbocycles. The summed E-state index contributed by atoms with van der Waals surface area (Å²) >= 11 is 0. The van der Waals surface area contributed by atoms with Crippen molar-refractivity contribution in [3.63, 3.8) is 0 Å². The summed E-state index contributed by atoms with van der Waals surface area (Å²) in [5.41, 5.74) is 22.6. The Hall–Kier alpha value is -5.07. The van der Waals surface area contributed by atoms with Gasteiger partial charge in [0.2, 0.25) is 23.6 Å². The van der Waals surface area contributed by atoms with Crippen LogP contribution in [0.5, 0.6) is 0 Å². The molecular formula is C46H84N12O7. The number of Topliss-reactive ketones (excluding diaryl/α,β-unsaturated/α-hetero) is 2. The number of aromatic nitrogens is 2. The molecule has 65 heavy (non-hydrogen) atoms. The first-order valence-corrected chi connectivity index (χ1v) is 24.0. The number of carbonyl (C=O) groups excluding carboxylic acids is 6. The predicted octanol–water partition coefficient (Wildman–Crippen LogP) is 2.93. The van der Waals surface area contributed by atoms with Crippen molar-refractivity contribution in [2.24, 2.45) is 50.7 Å². The highest BCUT2D eigenvalue weighted by atomic mass is 16.3. The third-order valence-corrected chi connectivity index (χ3v) is 11.3. The first-order valence-electron chi connectivity index (χ1n) is 24.0. The van der Waals surface area contributed by atoms with E-state index in [1.54, 1.807) is 0 Å². The molecule has 0 spiro atoms. The van der Waals surface area contributed by atoms with Gasteiger partial charge in [-0.25, -0.2) is 4.98 Å². The van der Waals surface area contributed by atoms with Crippen molar-refractivity contribution < 1.29 is 33.9 Å². The Kier molecular flexibility index (Phi) is 31.4. The zero-order chi connectivity index (χ0) is 48.4. The summed E-state index contributed by atoms with van der Waals surface area (Å²) in [6, 6.07) is -3.17. The van der Waals surface area contributed by atoms with Gasteiger partial charge in [-0.3, -0.25) is 38.8 Å². The number of aliphatic hydroxyl groups is 1. The van der Waals surface area contributed by atoms with Crippen LogP contribution in [0.1, 0.15) is 161 Å². The number of H-pyrrole nitrogens is 1. The highest BCUT2D eigenvalue weighted by Crippen LogP contribution is 2.20. The van der Waals surface area contributed by atoms with E-state index in [4.69, 9.17) is 22.9 Å². The third kappa shape index (κ3) is 27.8. The fourth-order valence-electron chi connectivity index (χ4n) is 7.65. The number of hydrogen-bond acceptors (Lipinski definition) is 10. The maximum atomic E-state index is 14.2. The number of nitrogens with two attached hydrogens (primary N) is 4. The lowest BCUT2D eigenvalue weighted by atomic mass is 9.88. The van der Waals surface area contributed by atoms with Crippen LogP contribution in [-0.4, -0.2) is 107 Å². The molecule has 0 fully saturated rings. The molecule has 1 rings (SSSR count). The van der Waals surface area contributed by atoms with Gasteiger partial charge in [0.15, 0.2) is 23.5 Å². The first-order chi connectivity index (χ1) is 31.1. The van der Waals surface area contributed by atoms with Crippen LogP contribution in [0.4, 0.5) is 0 Å². The molecule has 0 unspecified atom stereocenters. The largest absolute Gasteiger partial charge is 0.396 e. The second-order valence-corrected chi connectivity index (χ2v) is 17.6. The monoisotopic (exact) mass is 917 g/mol. The summed E-state index contributed by atoms with van der Waals surface area (Å²) in [6.07, 6.45) is 19.2. The maximum absolute atomic E-state index is 14.2. The van der Waals surface area contributed by atoms with E-state index >= 15 is 0 Å². The average molecular weight is 917 g/mol. The van der Waals surface area contributed by atoms with Crippen molar-refractivity contribution in [2.45, 2.75) is 180 Å². The van der Waals surface area contributed by atoms with Crippen molar-refractivity contribution in [2.75, 3.05) is 26.7 Å². The van der Waals surface area contributed by atoms with Crippen LogP contribution >= 0.6 is 0 Å². The van der Waals surface area contributed by atoms with Crippen molar-refractivity contribution in [1.29, 1.82) is 0 Å². The number of nitrogens with one attached hydrogen (secondary N) is 5. The van der Waals surface area contributed by atoms with Gasteiger partial charge in [0.1, 0.15) is 6.04 Å². The fraction of sp³-hybridized carbons (Fsp3) is 0.761. The topological polar surface area (TPSA) is 328 Å². The summed E-state index contributed by atoms with van der Waals surface area (Å²) in [4.78, 5) is 96.4. The van der Waals surface area contributed by atoms with Crippen LogP contribution in [0.2, 0.25) is 0 Å². The molecule has 0 bridgehead atoms. The highest BCUT2D eigenvalue weighted by Gasteiger charge is 2.33. The van der Waals surface area contributed by atoms with Crippen LogP contribution in [0.25, 0.3) is 0 Å². The Morgan fingerprint density at radius 2 is 1.17 bits per heavy atom. The lowest BCUT2D eigenvalue weighted by Crippen LogP contribution is -2.52. The Bertz CT molecular complexity index is 1580. The molecule has 5 atom stereocenters. The van der Waals surface area contributed by atoms with Gasteiger partial charge in [0.25, 0.3) is 0 Å². The zero-order valence-corrected chi connectivity index (χ0v) is 39.8. The fourth-order valence-corrected chi connectivity index (χ4v) is 7.65. The average Bonchev–Trinajstić information content (AvgIpc) is 3.78. The second-order valence-electron chi connectivity index (χ2n) is 17.6. The zero-order valence-electron chi connectivity index (χ0n) is 39.8. The maximum Gasteiger partial charge on any atom is 0.243 e. The van der Waals surface area contributed by atoms with E-state index in [1.807, 2.05) is 13.8 Å². The van der Waals surface area contributed by atoms with Gasteiger partial charge >= 0.3 is 0 Å². The van der Waals surface area contributed by atoms with Crippen molar-refractivity contribution >= 4 is 47.1 Å². The predicted molar refractivity (Wildman–Crippen MR) is 255 cm³/mol. The van der Waals surface area contributed by atoms with E-state index in [-0.39, 0.29) is 81.8 Å². The summed E-state index contributed by atoms with van der Waals surface area (Å²) < 4.78 is 0. The molecule has 0 aliphatic rings. The Morgan fingerprint density at radius 1 is 0.662 bits per heavy atom. The standard InChI is InChI=1S/C46H84N12O7/c1-5-6-7-8-9-10-11-12-13-14-15-16-17-22-41(62)56-37(21-19-24-54-46(49)50)44(65)57-36(20-18-23-53-45(47)48)39(60)26-33(25-32(2)3)43(64)58-38(28-35-29-52-31-55-35)40(61)27-34(30-59)42(63)51-4/h29,31-34,36-38,59H,5-28,30H2,1-4H3,(H,51,63)(H,52,55)(H,56,62)(H,57,65)(H,58,64)(H4,47,48,53)(H4,49,50,54)/t33-,34+,36+,37+,38+/m1/s1. The van der Waals surface area contributed by atoms with Crippen LogP contribution in [0.3, 0.4) is 0 Å². The number of carbonyl (C=O) groups is 6. The van der Waals surface area contributed by atoms with Crippen molar-refractivity contribution in [3.8, 4) is 0 Å². The molecule has 4 amide bonds. The van der Waals surface area contributed by atoms with Crippen LogP contribution < -0.4 is 44.2 Å². The van der Waals surface area contributed by atoms with Crippen molar-refractivity contribution in [3.05, 3.63) is 18.2 Å². The number of guanidine groups is 2. The number of nitrogens with zero attached hydrogens (tertiary/aromatic N) is 3. The Morgan fingerprint density at radius 3 is 1.66 bits per heavy atom. The van der Waals surface area contributed by atoms with E-state index in [0.29, 0.717) is 25.0 Å². The molecule has 0 saturated heterocycles. The number of aromatic amines is 1. The molecular weight excluding hydrogens is 833 g/mol. The number of amides is 4. The van der Waals surface area contributed by atoms with E-state index in [0.717, 1.165) is 19.3 Å². The number of hydrogen-bond donors (Lipinski definition) is 10. The van der Waals surface area contributed by atoms with Crippen LogP contribution in [-0.2, 0) is 35.2 Å². The molecule has 1 heterocycles. The minimum Gasteiger partial charge on any atom is -0.396 e. The van der Waals surface area contributed by atoms with Gasteiger partial charge in [-0.05, 0) is 44.4 Å². The first kappa shape index (κ1) is 57.9. The summed E-state index contributed by atoms with van der Waals surface area (Å²) in [5, 5.41) is 20.8. The number of rotatable bonds is 39. The molecule has 19 heteroatoms. The minimum atomic E-state index is -1.11. The lowest BCUT2D eigenvalue weighted by molar-refractivity contribution is -0.135. The van der Waals surface area contributed by atoms with Gasteiger partial charge in [-0.2, -0.15) is 0 Å². The van der Waals surface area contributed by atoms with E-state index in [1.165, 1.54) is 77.4 Å². The molecule has 0 radical (unpaired) electrons. The Balaban J connectivity index is 3.14. The van der Waals surface area contributed by atoms with Crippen LogP contribution in [0, 0.1) is 17.8 Å². The SMILES string of the molecule is CCCCCCCCCCCCCCCC(=O)N[C@@H](CCCN=C(N)N)C(=O)N[C@@H](CCCN=C(N)N)C(=O)C[C@@H](CC(C)C)C(=O)N[C@@H](Cc1cnc[nH]1)C(=O)C[C@@H](CO)C(=O)NC.